The van der Waals surface area contributed by atoms with E-state index in [0.717, 1.165) is 10.0 Å². The van der Waals surface area contributed by atoms with Gasteiger partial charge in [-0.05, 0) is 23.8 Å². The number of esters is 1. The summed E-state index contributed by atoms with van der Waals surface area (Å²) in [5, 5.41) is 0. The lowest BCUT2D eigenvalue weighted by atomic mass is 10.2. The fourth-order valence-electron chi connectivity index (χ4n) is 2.09. The minimum Gasteiger partial charge on any atom is -0.465 e. The maximum atomic E-state index is 12.8. The number of methoxy groups -OCH3 is 1. The molecule has 0 bridgehead atoms. The van der Waals surface area contributed by atoms with Crippen LogP contribution < -0.4 is 0 Å². The molecule has 0 unspecified atom stereocenters. The quantitative estimate of drug-likeness (QED) is 0.727. The minimum atomic E-state index is -3.83. The van der Waals surface area contributed by atoms with Gasteiger partial charge >= 0.3 is 5.97 Å². The van der Waals surface area contributed by atoms with Gasteiger partial charge in [-0.2, -0.15) is 4.31 Å². The SMILES string of the molecule is COC(=O)c1ccccc1S(=O)(=O)N(C)Cc1ccccc1Br. The van der Waals surface area contributed by atoms with Gasteiger partial charge in [-0.25, -0.2) is 13.2 Å². The number of hydrogen-bond donors (Lipinski definition) is 0. The summed E-state index contributed by atoms with van der Waals surface area (Å²) >= 11 is 3.40. The zero-order valence-corrected chi connectivity index (χ0v) is 15.1. The lowest BCUT2D eigenvalue weighted by Crippen LogP contribution is -2.28. The van der Waals surface area contributed by atoms with Crippen molar-refractivity contribution in [2.45, 2.75) is 11.4 Å². The molecule has 0 amide bonds. The van der Waals surface area contributed by atoms with Gasteiger partial charge in [-0.3, -0.25) is 0 Å². The molecule has 122 valence electrons. The molecule has 2 rings (SSSR count). The third-order valence-electron chi connectivity index (χ3n) is 3.33. The lowest BCUT2D eigenvalue weighted by molar-refractivity contribution is 0.0596. The van der Waals surface area contributed by atoms with Crippen molar-refractivity contribution >= 4 is 31.9 Å². The van der Waals surface area contributed by atoms with E-state index >= 15 is 0 Å². The van der Waals surface area contributed by atoms with Crippen LogP contribution in [0.3, 0.4) is 0 Å². The lowest BCUT2D eigenvalue weighted by Gasteiger charge is -2.19. The average molecular weight is 398 g/mol. The number of carbonyl (C=O) groups excluding carboxylic acids is 1. The second kappa shape index (κ2) is 7.25. The number of rotatable bonds is 5. The highest BCUT2D eigenvalue weighted by molar-refractivity contribution is 9.10. The van der Waals surface area contributed by atoms with Gasteiger partial charge in [0.2, 0.25) is 10.0 Å². The fraction of sp³-hybridized carbons (Fsp3) is 0.188. The summed E-state index contributed by atoms with van der Waals surface area (Å²) in [5.74, 6) is -0.682. The molecule has 0 N–H and O–H groups in total. The number of carbonyl (C=O) groups is 1. The Labute approximate surface area is 144 Å². The minimum absolute atomic E-state index is 0.0222. The molecule has 0 heterocycles. The molecular formula is C16H16BrNO4S. The van der Waals surface area contributed by atoms with Gasteiger partial charge in [0.25, 0.3) is 0 Å². The summed E-state index contributed by atoms with van der Waals surface area (Å²) in [7, 11) is -1.13. The van der Waals surface area contributed by atoms with Gasteiger partial charge in [0.05, 0.1) is 17.6 Å². The maximum Gasteiger partial charge on any atom is 0.339 e. The summed E-state index contributed by atoms with van der Waals surface area (Å²) in [6.45, 7) is 0.180. The van der Waals surface area contributed by atoms with Crippen LogP contribution >= 0.6 is 15.9 Å². The fourth-order valence-corrected chi connectivity index (χ4v) is 3.82. The number of benzene rings is 2. The summed E-state index contributed by atoms with van der Waals surface area (Å²) in [5.41, 5.74) is 0.850. The van der Waals surface area contributed by atoms with Gasteiger partial charge in [0.1, 0.15) is 0 Å². The summed E-state index contributed by atoms with van der Waals surface area (Å²) < 4.78 is 32.3. The van der Waals surface area contributed by atoms with Crippen LogP contribution in [-0.2, 0) is 21.3 Å². The first-order valence-corrected chi connectivity index (χ1v) is 8.98. The van der Waals surface area contributed by atoms with Crippen molar-refractivity contribution in [3.05, 3.63) is 64.1 Å². The number of hydrogen-bond acceptors (Lipinski definition) is 4. The van der Waals surface area contributed by atoms with E-state index in [1.165, 1.54) is 30.6 Å². The molecule has 0 saturated heterocycles. The second-order valence-corrected chi connectivity index (χ2v) is 7.71. The maximum absolute atomic E-state index is 12.8. The van der Waals surface area contributed by atoms with Gasteiger partial charge in [-0.15, -0.1) is 0 Å². The highest BCUT2D eigenvalue weighted by Gasteiger charge is 2.27. The normalized spacial score (nSPS) is 11.5. The van der Waals surface area contributed by atoms with Crippen LogP contribution in [0.4, 0.5) is 0 Å². The number of ether oxygens (including phenoxy) is 1. The monoisotopic (exact) mass is 397 g/mol. The van der Waals surface area contributed by atoms with Crippen LogP contribution in [0.5, 0.6) is 0 Å². The number of halogens is 1. The van der Waals surface area contributed by atoms with Crippen molar-refractivity contribution in [2.75, 3.05) is 14.2 Å². The van der Waals surface area contributed by atoms with Crippen molar-refractivity contribution in [2.24, 2.45) is 0 Å². The smallest absolute Gasteiger partial charge is 0.339 e. The molecule has 0 aliphatic carbocycles. The average Bonchev–Trinajstić information content (AvgIpc) is 2.56. The van der Waals surface area contributed by atoms with Crippen molar-refractivity contribution in [3.63, 3.8) is 0 Å². The Morgan fingerprint density at radius 1 is 1.13 bits per heavy atom. The molecule has 0 saturated carbocycles. The van der Waals surface area contributed by atoms with Gasteiger partial charge in [-0.1, -0.05) is 46.3 Å². The predicted octanol–water partition coefficient (Wildman–Crippen LogP) is 3.06. The van der Waals surface area contributed by atoms with Crippen molar-refractivity contribution in [3.8, 4) is 0 Å². The molecule has 7 heteroatoms. The van der Waals surface area contributed by atoms with Crippen LogP contribution in [0.1, 0.15) is 15.9 Å². The number of sulfonamides is 1. The van der Waals surface area contributed by atoms with Crippen LogP contribution in [0.25, 0.3) is 0 Å². The molecule has 0 atom stereocenters. The van der Waals surface area contributed by atoms with Crippen LogP contribution in [0, 0.1) is 0 Å². The molecule has 23 heavy (non-hydrogen) atoms. The Balaban J connectivity index is 2.39. The molecule has 2 aromatic carbocycles. The van der Waals surface area contributed by atoms with E-state index in [1.807, 2.05) is 24.3 Å². The second-order valence-electron chi connectivity index (χ2n) is 4.84. The summed E-state index contributed by atoms with van der Waals surface area (Å²) in [6, 6.07) is 13.4. The highest BCUT2D eigenvalue weighted by Crippen LogP contribution is 2.24. The molecule has 0 spiro atoms. The molecule has 0 fully saturated rings. The van der Waals surface area contributed by atoms with E-state index < -0.39 is 16.0 Å². The van der Waals surface area contributed by atoms with Crippen LogP contribution in [0.2, 0.25) is 0 Å². The Morgan fingerprint density at radius 2 is 1.74 bits per heavy atom. The Hall–Kier alpha value is -1.70. The predicted molar refractivity (Wildman–Crippen MR) is 90.6 cm³/mol. The first-order valence-electron chi connectivity index (χ1n) is 6.75. The number of nitrogens with zero attached hydrogens (tertiary/aromatic N) is 1. The van der Waals surface area contributed by atoms with Crippen LogP contribution in [0.15, 0.2) is 57.9 Å². The largest absolute Gasteiger partial charge is 0.465 e. The van der Waals surface area contributed by atoms with E-state index in [2.05, 4.69) is 20.7 Å². The standard InChI is InChI=1S/C16H16BrNO4S/c1-18(11-12-7-3-5-9-14(12)17)23(20,21)15-10-6-4-8-13(15)16(19)22-2/h3-10H,11H2,1-2H3. The van der Waals surface area contributed by atoms with Crippen molar-refractivity contribution < 1.29 is 17.9 Å². The Morgan fingerprint density at radius 3 is 2.39 bits per heavy atom. The van der Waals surface area contributed by atoms with E-state index in [0.29, 0.717) is 0 Å². The van der Waals surface area contributed by atoms with E-state index in [1.54, 1.807) is 12.1 Å². The third-order valence-corrected chi connectivity index (χ3v) is 5.97. The molecular weight excluding hydrogens is 382 g/mol. The summed E-state index contributed by atoms with van der Waals surface area (Å²) in [4.78, 5) is 11.7. The molecule has 5 nitrogen and oxygen atoms in total. The van der Waals surface area contributed by atoms with Crippen molar-refractivity contribution in [1.29, 1.82) is 0 Å². The molecule has 0 aliphatic heterocycles. The molecule has 0 radical (unpaired) electrons. The molecule has 0 aromatic heterocycles. The topological polar surface area (TPSA) is 63.7 Å². The van der Waals surface area contributed by atoms with E-state index in [4.69, 9.17) is 0 Å². The van der Waals surface area contributed by atoms with Gasteiger partial charge in [0, 0.05) is 18.1 Å². The third kappa shape index (κ3) is 3.80. The van der Waals surface area contributed by atoms with Crippen LogP contribution in [-0.4, -0.2) is 32.8 Å². The molecule has 2 aromatic rings. The highest BCUT2D eigenvalue weighted by atomic mass is 79.9. The van der Waals surface area contributed by atoms with Gasteiger partial charge in [0.15, 0.2) is 0 Å². The summed E-state index contributed by atoms with van der Waals surface area (Å²) in [6.07, 6.45) is 0. The Bertz CT molecular complexity index is 820. The van der Waals surface area contributed by atoms with E-state index in [9.17, 15) is 13.2 Å². The molecule has 0 aliphatic rings. The zero-order valence-electron chi connectivity index (χ0n) is 12.7. The zero-order chi connectivity index (χ0) is 17.0. The van der Waals surface area contributed by atoms with Crippen molar-refractivity contribution in [1.82, 2.24) is 4.31 Å². The first kappa shape index (κ1) is 17.7. The Kier molecular flexibility index (Phi) is 5.56. The van der Waals surface area contributed by atoms with E-state index in [-0.39, 0.29) is 17.0 Å². The first-order chi connectivity index (χ1) is 10.9. The van der Waals surface area contributed by atoms with Gasteiger partial charge < -0.3 is 4.74 Å².